The lowest BCUT2D eigenvalue weighted by Crippen LogP contribution is -2.34. The average molecular weight is 531 g/mol. The number of benzene rings is 2. The molecule has 1 aliphatic rings. The molecule has 0 unspecified atom stereocenters. The minimum Gasteiger partial charge on any atom is -0.489 e. The van der Waals surface area contributed by atoms with Crippen molar-refractivity contribution in [3.8, 4) is 5.75 Å². The summed E-state index contributed by atoms with van der Waals surface area (Å²) in [7, 11) is 1.82. The molecular weight excluding hydrogens is 492 g/mol. The highest BCUT2D eigenvalue weighted by atomic mass is 16.5. The van der Waals surface area contributed by atoms with Crippen LogP contribution in [0.2, 0.25) is 0 Å². The molecule has 1 aliphatic carbocycles. The number of anilines is 1. The molecule has 2 heterocycles. The number of ether oxygens (including phenoxy) is 1. The van der Waals surface area contributed by atoms with Crippen LogP contribution in [-0.2, 0) is 13.2 Å². The smallest absolute Gasteiger partial charge is 0.145 e. The number of aliphatic hydroxyl groups is 2. The van der Waals surface area contributed by atoms with Gasteiger partial charge in [0.05, 0.1) is 17.5 Å². The number of aromatic nitrogens is 3. The van der Waals surface area contributed by atoms with Crippen LogP contribution in [0.25, 0.3) is 11.0 Å². The van der Waals surface area contributed by atoms with Gasteiger partial charge < -0.3 is 35.5 Å². The molecular formula is C30H38N6O3. The van der Waals surface area contributed by atoms with E-state index >= 15 is 0 Å². The minimum atomic E-state index is -0.836. The highest BCUT2D eigenvalue weighted by Gasteiger charge is 2.42. The van der Waals surface area contributed by atoms with Crippen molar-refractivity contribution < 1.29 is 14.9 Å². The summed E-state index contributed by atoms with van der Waals surface area (Å²) in [4.78, 5) is 8.67. The molecule has 0 aliphatic heterocycles. The number of hydrogen-bond acceptors (Lipinski definition) is 8. The fourth-order valence-corrected chi connectivity index (χ4v) is 5.32. The first-order valence-corrected chi connectivity index (χ1v) is 13.7. The molecule has 4 aromatic rings. The van der Waals surface area contributed by atoms with Crippen molar-refractivity contribution in [1.29, 1.82) is 0 Å². The van der Waals surface area contributed by atoms with Crippen LogP contribution in [0.4, 0.5) is 5.82 Å². The van der Waals surface area contributed by atoms with Crippen molar-refractivity contribution in [2.75, 3.05) is 32.0 Å². The molecule has 0 amide bonds. The number of nitrogens with zero attached hydrogens (tertiary/aromatic N) is 3. The van der Waals surface area contributed by atoms with E-state index in [1.807, 2.05) is 54.2 Å². The number of rotatable bonds is 13. The van der Waals surface area contributed by atoms with Crippen LogP contribution in [0.5, 0.6) is 5.75 Å². The van der Waals surface area contributed by atoms with Crippen LogP contribution < -0.4 is 20.7 Å². The van der Waals surface area contributed by atoms with Crippen LogP contribution in [0.1, 0.15) is 30.0 Å². The first-order valence-electron chi connectivity index (χ1n) is 13.7. The van der Waals surface area contributed by atoms with E-state index in [1.54, 1.807) is 0 Å². The van der Waals surface area contributed by atoms with E-state index in [1.165, 1.54) is 11.9 Å². The van der Waals surface area contributed by atoms with Crippen LogP contribution >= 0.6 is 0 Å². The summed E-state index contributed by atoms with van der Waals surface area (Å²) in [5.41, 5.74) is 3.14. The number of nitrogens with one attached hydrogen (secondary N) is 3. The van der Waals surface area contributed by atoms with E-state index < -0.39 is 12.2 Å². The van der Waals surface area contributed by atoms with Gasteiger partial charge in [-0.25, -0.2) is 9.97 Å². The Morgan fingerprint density at radius 3 is 2.51 bits per heavy atom. The number of fused-ring (bicyclic) bond motifs is 1. The van der Waals surface area contributed by atoms with Crippen molar-refractivity contribution in [2.24, 2.45) is 5.92 Å². The maximum absolute atomic E-state index is 10.8. The predicted molar refractivity (Wildman–Crippen MR) is 153 cm³/mol. The van der Waals surface area contributed by atoms with Crippen molar-refractivity contribution in [3.63, 3.8) is 0 Å². The van der Waals surface area contributed by atoms with E-state index in [9.17, 15) is 10.2 Å². The van der Waals surface area contributed by atoms with E-state index in [4.69, 9.17) is 4.74 Å². The number of aliphatic hydroxyl groups excluding tert-OH is 2. The van der Waals surface area contributed by atoms with Gasteiger partial charge in [-0.1, -0.05) is 42.5 Å². The molecule has 1 saturated carbocycles. The fraction of sp³-hybridized carbons (Fsp3) is 0.400. The Morgan fingerprint density at radius 1 is 0.923 bits per heavy atom. The maximum Gasteiger partial charge on any atom is 0.145 e. The summed E-state index contributed by atoms with van der Waals surface area (Å²) >= 11 is 0. The van der Waals surface area contributed by atoms with E-state index in [2.05, 4.69) is 50.2 Å². The molecule has 2 aromatic heterocycles. The summed E-state index contributed by atoms with van der Waals surface area (Å²) in [6.45, 7) is 3.76. The molecule has 4 atom stereocenters. The third-order valence-corrected chi connectivity index (χ3v) is 7.49. The molecule has 0 spiro atoms. The molecule has 0 bridgehead atoms. The monoisotopic (exact) mass is 530 g/mol. The third kappa shape index (κ3) is 6.57. The van der Waals surface area contributed by atoms with Gasteiger partial charge in [-0.3, -0.25) is 0 Å². The Kier molecular flexibility index (Phi) is 9.05. The van der Waals surface area contributed by atoms with Crippen LogP contribution in [0.15, 0.2) is 73.2 Å². The van der Waals surface area contributed by atoms with E-state index in [-0.39, 0.29) is 12.0 Å². The van der Waals surface area contributed by atoms with Crippen LogP contribution in [-0.4, -0.2) is 63.6 Å². The molecule has 206 valence electrons. The second-order valence-corrected chi connectivity index (χ2v) is 10.1. The van der Waals surface area contributed by atoms with Gasteiger partial charge in [0.1, 0.15) is 36.3 Å². The normalized spacial score (nSPS) is 20.9. The summed E-state index contributed by atoms with van der Waals surface area (Å²) in [6.07, 6.45) is 3.49. The maximum atomic E-state index is 10.8. The van der Waals surface area contributed by atoms with Crippen molar-refractivity contribution in [3.05, 3.63) is 84.3 Å². The van der Waals surface area contributed by atoms with E-state index in [0.29, 0.717) is 19.6 Å². The standard InChI is InChI=1S/C30H38N6O3/c1-31-29-25-12-15-36(30(25)35-20-34-29)26-16-23(27(37)28(26)38)18-33-14-5-13-32-17-21-8-10-24(11-9-21)39-19-22-6-3-2-4-7-22/h2-4,6-12,15,20,23,26-28,32-33,37-38H,5,13-14,16-19H2,1H3,(H,31,34,35)/t23-,26-,27-,28+/m1/s1. The Bertz CT molecular complexity index is 1310. The van der Waals surface area contributed by atoms with Crippen molar-refractivity contribution >= 4 is 16.9 Å². The Balaban J connectivity index is 0.997. The van der Waals surface area contributed by atoms with Gasteiger partial charge in [0.15, 0.2) is 0 Å². The van der Waals surface area contributed by atoms with Gasteiger partial charge in [0, 0.05) is 32.3 Å². The second-order valence-electron chi connectivity index (χ2n) is 10.1. The summed E-state index contributed by atoms with van der Waals surface area (Å²) in [5.74, 6) is 1.60. The molecule has 39 heavy (non-hydrogen) atoms. The molecule has 9 heteroatoms. The Morgan fingerprint density at radius 2 is 1.72 bits per heavy atom. The second kappa shape index (κ2) is 13.0. The largest absolute Gasteiger partial charge is 0.489 e. The first-order chi connectivity index (χ1) is 19.1. The minimum absolute atomic E-state index is 0.0244. The fourth-order valence-electron chi connectivity index (χ4n) is 5.32. The van der Waals surface area contributed by atoms with Crippen LogP contribution in [0, 0.1) is 5.92 Å². The predicted octanol–water partition coefficient (Wildman–Crippen LogP) is 3.10. The van der Waals surface area contributed by atoms with Gasteiger partial charge in [0.2, 0.25) is 0 Å². The molecule has 2 aromatic carbocycles. The van der Waals surface area contributed by atoms with Crippen molar-refractivity contribution in [1.82, 2.24) is 25.2 Å². The molecule has 5 N–H and O–H groups in total. The lowest BCUT2D eigenvalue weighted by Gasteiger charge is -2.19. The molecule has 1 fully saturated rings. The SMILES string of the molecule is CNc1ncnc2c1ccn2[C@@H]1C[C@H](CNCCCNCc2ccc(OCc3ccccc3)cc2)[C@@H](O)[C@H]1O. The summed E-state index contributed by atoms with van der Waals surface area (Å²) in [6, 6.07) is 20.1. The topological polar surface area (TPSA) is 116 Å². The Labute approximate surface area is 229 Å². The molecule has 0 radical (unpaired) electrons. The van der Waals surface area contributed by atoms with Gasteiger partial charge in [-0.2, -0.15) is 0 Å². The van der Waals surface area contributed by atoms with E-state index in [0.717, 1.165) is 54.2 Å². The highest BCUT2D eigenvalue weighted by Crippen LogP contribution is 2.37. The molecule has 0 saturated heterocycles. The Hall–Kier alpha value is -3.50. The van der Waals surface area contributed by atoms with Crippen LogP contribution in [0.3, 0.4) is 0 Å². The zero-order valence-electron chi connectivity index (χ0n) is 22.3. The van der Waals surface area contributed by atoms with Gasteiger partial charge in [0.25, 0.3) is 0 Å². The zero-order chi connectivity index (χ0) is 27.0. The third-order valence-electron chi connectivity index (χ3n) is 7.49. The summed E-state index contributed by atoms with van der Waals surface area (Å²) in [5, 5.41) is 32.4. The van der Waals surface area contributed by atoms with Gasteiger partial charge in [-0.15, -0.1) is 0 Å². The molecule has 9 nitrogen and oxygen atoms in total. The lowest BCUT2D eigenvalue weighted by atomic mass is 10.1. The van der Waals surface area contributed by atoms with Crippen molar-refractivity contribution in [2.45, 2.75) is 44.2 Å². The lowest BCUT2D eigenvalue weighted by molar-refractivity contribution is 0.00694. The van der Waals surface area contributed by atoms with Gasteiger partial charge in [-0.05, 0) is 55.3 Å². The zero-order valence-corrected chi connectivity index (χ0v) is 22.3. The quantitative estimate of drug-likeness (QED) is 0.168. The first kappa shape index (κ1) is 27.1. The average Bonchev–Trinajstić information content (AvgIpc) is 3.53. The summed E-state index contributed by atoms with van der Waals surface area (Å²) < 4.78 is 7.83. The highest BCUT2D eigenvalue weighted by molar-refractivity contribution is 5.87. The molecule has 5 rings (SSSR count). The van der Waals surface area contributed by atoms with Gasteiger partial charge >= 0.3 is 0 Å². The number of hydrogen-bond donors (Lipinski definition) is 5.